The number of benzene rings is 1. The summed E-state index contributed by atoms with van der Waals surface area (Å²) in [6.45, 7) is 4.79. The van der Waals surface area contributed by atoms with Gasteiger partial charge in [-0.15, -0.1) is 0 Å². The van der Waals surface area contributed by atoms with Crippen LogP contribution in [0.15, 0.2) is 28.7 Å². The van der Waals surface area contributed by atoms with Crippen LogP contribution < -0.4 is 5.32 Å². The molecule has 1 heterocycles. The summed E-state index contributed by atoms with van der Waals surface area (Å²) in [6.07, 6.45) is 0.982. The molecule has 1 aromatic carbocycles. The molecule has 2 nitrogen and oxygen atoms in total. The number of hydrogen-bond acceptors (Lipinski definition) is 2. The molecule has 108 valence electrons. The molecule has 2 aromatic rings. The fraction of sp³-hybridized carbons (Fsp3) is 0.333. The van der Waals surface area contributed by atoms with E-state index in [4.69, 9.17) is 4.42 Å². The SMILES string of the molecule is CCCNC(C)c1ccc(-c2cc(F)c(F)cc2F)o1. The van der Waals surface area contributed by atoms with Crippen molar-refractivity contribution in [2.45, 2.75) is 26.3 Å². The highest BCUT2D eigenvalue weighted by atomic mass is 19.2. The van der Waals surface area contributed by atoms with Crippen LogP contribution in [-0.4, -0.2) is 6.54 Å². The third-order valence-electron chi connectivity index (χ3n) is 3.03. The Bertz CT molecular complexity index is 595. The second kappa shape index (κ2) is 6.13. The monoisotopic (exact) mass is 283 g/mol. The Labute approximate surface area is 115 Å². The van der Waals surface area contributed by atoms with Gasteiger partial charge in [0.05, 0.1) is 11.6 Å². The second-order valence-electron chi connectivity index (χ2n) is 4.62. The highest BCUT2D eigenvalue weighted by Crippen LogP contribution is 2.28. The van der Waals surface area contributed by atoms with E-state index in [1.54, 1.807) is 12.1 Å². The Balaban J connectivity index is 2.27. The van der Waals surface area contributed by atoms with E-state index in [0.717, 1.165) is 19.0 Å². The smallest absolute Gasteiger partial charge is 0.161 e. The van der Waals surface area contributed by atoms with Gasteiger partial charge in [-0.05, 0) is 38.1 Å². The van der Waals surface area contributed by atoms with Crippen LogP contribution in [0.5, 0.6) is 0 Å². The minimum absolute atomic E-state index is 0.0305. The lowest BCUT2D eigenvalue weighted by Crippen LogP contribution is -2.18. The van der Waals surface area contributed by atoms with Gasteiger partial charge in [0.2, 0.25) is 0 Å². The number of halogens is 3. The van der Waals surface area contributed by atoms with Gasteiger partial charge in [-0.25, -0.2) is 13.2 Å². The van der Waals surface area contributed by atoms with Gasteiger partial charge < -0.3 is 9.73 Å². The van der Waals surface area contributed by atoms with Crippen LogP contribution in [0.1, 0.15) is 32.1 Å². The zero-order chi connectivity index (χ0) is 14.7. The molecule has 0 aliphatic heterocycles. The molecule has 5 heteroatoms. The van der Waals surface area contributed by atoms with E-state index in [1.807, 2.05) is 13.8 Å². The van der Waals surface area contributed by atoms with E-state index < -0.39 is 17.5 Å². The molecule has 0 radical (unpaired) electrons. The van der Waals surface area contributed by atoms with Gasteiger partial charge in [-0.2, -0.15) is 0 Å². The van der Waals surface area contributed by atoms with Crippen molar-refractivity contribution >= 4 is 0 Å². The van der Waals surface area contributed by atoms with Crippen molar-refractivity contribution in [3.63, 3.8) is 0 Å². The molecule has 20 heavy (non-hydrogen) atoms. The second-order valence-corrected chi connectivity index (χ2v) is 4.62. The Morgan fingerprint density at radius 3 is 2.50 bits per heavy atom. The van der Waals surface area contributed by atoms with E-state index in [2.05, 4.69) is 5.32 Å². The molecule has 2 rings (SSSR count). The van der Waals surface area contributed by atoms with Crippen molar-refractivity contribution in [1.82, 2.24) is 5.32 Å². The van der Waals surface area contributed by atoms with E-state index in [-0.39, 0.29) is 17.4 Å². The standard InChI is InChI=1S/C15H16F3NO/c1-3-6-19-9(2)14-4-5-15(20-14)10-7-12(17)13(18)8-11(10)16/h4-5,7-9,19H,3,6H2,1-2H3. The summed E-state index contributed by atoms with van der Waals surface area (Å²) in [4.78, 5) is 0. The highest BCUT2D eigenvalue weighted by Gasteiger charge is 2.16. The van der Waals surface area contributed by atoms with Gasteiger partial charge in [0.25, 0.3) is 0 Å². The predicted molar refractivity (Wildman–Crippen MR) is 70.7 cm³/mol. The Morgan fingerprint density at radius 1 is 1.10 bits per heavy atom. The Kier molecular flexibility index (Phi) is 4.49. The molecule has 0 fully saturated rings. The molecule has 1 aromatic heterocycles. The first kappa shape index (κ1) is 14.7. The van der Waals surface area contributed by atoms with Gasteiger partial charge in [0, 0.05) is 6.07 Å². The Hall–Kier alpha value is -1.75. The molecule has 1 unspecified atom stereocenters. The summed E-state index contributed by atoms with van der Waals surface area (Å²) in [5, 5.41) is 3.23. The van der Waals surface area contributed by atoms with Crippen molar-refractivity contribution in [3.05, 3.63) is 47.5 Å². The molecule has 1 N–H and O–H groups in total. The van der Waals surface area contributed by atoms with Crippen LogP contribution in [0.2, 0.25) is 0 Å². The molecular weight excluding hydrogens is 267 g/mol. The van der Waals surface area contributed by atoms with Crippen LogP contribution in [-0.2, 0) is 0 Å². The average Bonchev–Trinajstić information content (AvgIpc) is 2.89. The van der Waals surface area contributed by atoms with E-state index in [1.165, 1.54) is 0 Å². The van der Waals surface area contributed by atoms with Gasteiger partial charge in [-0.3, -0.25) is 0 Å². The van der Waals surface area contributed by atoms with Crippen LogP contribution in [0.3, 0.4) is 0 Å². The first-order valence-corrected chi connectivity index (χ1v) is 6.51. The molecule has 0 aliphatic rings. The number of nitrogens with one attached hydrogen (secondary N) is 1. The van der Waals surface area contributed by atoms with Crippen LogP contribution in [0, 0.1) is 17.5 Å². The molecule has 0 spiro atoms. The summed E-state index contributed by atoms with van der Waals surface area (Å²) < 4.78 is 45.2. The van der Waals surface area contributed by atoms with Crippen LogP contribution in [0.25, 0.3) is 11.3 Å². The van der Waals surface area contributed by atoms with Gasteiger partial charge >= 0.3 is 0 Å². The van der Waals surface area contributed by atoms with Crippen molar-refractivity contribution < 1.29 is 17.6 Å². The quantitative estimate of drug-likeness (QED) is 0.821. The van der Waals surface area contributed by atoms with Crippen molar-refractivity contribution in [3.8, 4) is 11.3 Å². The summed E-state index contributed by atoms with van der Waals surface area (Å²) in [7, 11) is 0. The molecule has 0 bridgehead atoms. The zero-order valence-corrected chi connectivity index (χ0v) is 11.3. The summed E-state index contributed by atoms with van der Waals surface area (Å²) in [5.74, 6) is -2.36. The number of hydrogen-bond donors (Lipinski definition) is 1. The van der Waals surface area contributed by atoms with Crippen molar-refractivity contribution in [2.75, 3.05) is 6.54 Å². The summed E-state index contributed by atoms with van der Waals surface area (Å²) in [5.41, 5.74) is -0.0853. The fourth-order valence-corrected chi connectivity index (χ4v) is 1.90. The third-order valence-corrected chi connectivity index (χ3v) is 3.03. The number of furan rings is 1. The lowest BCUT2D eigenvalue weighted by atomic mass is 10.1. The molecule has 0 saturated heterocycles. The fourth-order valence-electron chi connectivity index (χ4n) is 1.90. The minimum Gasteiger partial charge on any atom is -0.459 e. The molecule has 0 amide bonds. The zero-order valence-electron chi connectivity index (χ0n) is 11.3. The predicted octanol–water partition coefficient (Wildman–Crippen LogP) is 4.42. The maximum Gasteiger partial charge on any atom is 0.161 e. The van der Waals surface area contributed by atoms with Crippen LogP contribution in [0.4, 0.5) is 13.2 Å². The van der Waals surface area contributed by atoms with Crippen molar-refractivity contribution in [2.24, 2.45) is 0 Å². The molecule has 0 saturated carbocycles. The summed E-state index contributed by atoms with van der Waals surface area (Å²) in [6, 6.07) is 4.54. The van der Waals surface area contributed by atoms with E-state index in [9.17, 15) is 13.2 Å². The maximum absolute atomic E-state index is 13.6. The highest BCUT2D eigenvalue weighted by molar-refractivity contribution is 5.58. The van der Waals surface area contributed by atoms with Crippen molar-refractivity contribution in [1.29, 1.82) is 0 Å². The van der Waals surface area contributed by atoms with Gasteiger partial charge in [-0.1, -0.05) is 6.92 Å². The summed E-state index contributed by atoms with van der Waals surface area (Å²) >= 11 is 0. The van der Waals surface area contributed by atoms with E-state index in [0.29, 0.717) is 11.8 Å². The Morgan fingerprint density at radius 2 is 1.80 bits per heavy atom. The topological polar surface area (TPSA) is 25.2 Å². The van der Waals surface area contributed by atoms with Gasteiger partial charge in [0.1, 0.15) is 17.3 Å². The molecule has 0 aliphatic carbocycles. The number of rotatable bonds is 5. The first-order chi connectivity index (χ1) is 9.52. The maximum atomic E-state index is 13.6. The van der Waals surface area contributed by atoms with E-state index >= 15 is 0 Å². The average molecular weight is 283 g/mol. The van der Waals surface area contributed by atoms with Gasteiger partial charge in [0.15, 0.2) is 11.6 Å². The lowest BCUT2D eigenvalue weighted by Gasteiger charge is -2.10. The first-order valence-electron chi connectivity index (χ1n) is 6.51. The largest absolute Gasteiger partial charge is 0.459 e. The van der Waals surface area contributed by atoms with Crippen LogP contribution >= 0.6 is 0 Å². The molecule has 1 atom stereocenters. The third kappa shape index (κ3) is 3.04. The minimum atomic E-state index is -1.21. The lowest BCUT2D eigenvalue weighted by molar-refractivity contribution is 0.436. The molecular formula is C15H16F3NO. The normalized spacial score (nSPS) is 12.7.